The van der Waals surface area contributed by atoms with Crippen molar-refractivity contribution >= 4 is 29.0 Å². The minimum absolute atomic E-state index is 0.288. The molecule has 0 aliphatic heterocycles. The third-order valence-corrected chi connectivity index (χ3v) is 4.93. The monoisotopic (exact) mass is 416 g/mol. The zero-order valence-corrected chi connectivity index (χ0v) is 17.3. The van der Waals surface area contributed by atoms with E-state index in [1.807, 2.05) is 32.0 Å². The maximum Gasteiger partial charge on any atom is 0.390 e. The van der Waals surface area contributed by atoms with Crippen LogP contribution in [0.25, 0.3) is 0 Å². The lowest BCUT2D eigenvalue weighted by Crippen LogP contribution is -2.25. The molecule has 3 rings (SSSR count). The molecule has 0 radical (unpaired) electrons. The Hall–Kier alpha value is -3.20. The zero-order valence-electron chi connectivity index (χ0n) is 16.5. The van der Waals surface area contributed by atoms with Gasteiger partial charge in [0.05, 0.1) is 40.5 Å². The summed E-state index contributed by atoms with van der Waals surface area (Å²) in [6.45, 7) is 7.51. The van der Waals surface area contributed by atoms with E-state index in [2.05, 4.69) is 15.5 Å². The molecule has 1 N–H and O–H groups in total. The summed E-state index contributed by atoms with van der Waals surface area (Å²) in [5.41, 5.74) is 3.61. The molecule has 0 bridgehead atoms. The predicted molar refractivity (Wildman–Crippen MR) is 109 cm³/mol. The fraction of sp³-hybridized carbons (Fsp3) is 0.316. The van der Waals surface area contributed by atoms with E-state index in [4.69, 9.17) is 11.6 Å². The minimum atomic E-state index is -0.723. The van der Waals surface area contributed by atoms with E-state index >= 15 is 0 Å². The molecule has 10 heteroatoms. The first-order chi connectivity index (χ1) is 13.7. The Morgan fingerprint density at radius 1 is 1.28 bits per heavy atom. The normalized spacial score (nSPS) is 12.0. The molecule has 1 unspecified atom stereocenters. The van der Waals surface area contributed by atoms with Crippen molar-refractivity contribution in [2.45, 2.75) is 40.3 Å². The van der Waals surface area contributed by atoms with Gasteiger partial charge in [-0.25, -0.2) is 0 Å². The molecule has 0 aliphatic carbocycles. The first-order valence-electron chi connectivity index (χ1n) is 8.97. The van der Waals surface area contributed by atoms with Crippen molar-refractivity contribution in [3.05, 3.63) is 68.1 Å². The third-order valence-electron chi connectivity index (χ3n) is 4.69. The number of anilines is 1. The molecule has 0 aliphatic rings. The summed E-state index contributed by atoms with van der Waals surface area (Å²) in [7, 11) is 0. The fourth-order valence-corrected chi connectivity index (χ4v) is 3.34. The summed E-state index contributed by atoms with van der Waals surface area (Å²) in [6, 6.07) is 8.12. The van der Waals surface area contributed by atoms with Gasteiger partial charge < -0.3 is 15.4 Å². The Morgan fingerprint density at radius 2 is 2.00 bits per heavy atom. The molecular formula is C19H21ClN6O3. The van der Waals surface area contributed by atoms with Gasteiger partial charge in [0, 0.05) is 5.02 Å². The molecule has 3 aromatic rings. The Kier molecular flexibility index (Phi) is 5.69. The van der Waals surface area contributed by atoms with Crippen LogP contribution in [0.1, 0.15) is 35.6 Å². The van der Waals surface area contributed by atoms with Gasteiger partial charge in [0.1, 0.15) is 6.04 Å². The lowest BCUT2D eigenvalue weighted by molar-refractivity contribution is -0.389. The second-order valence-electron chi connectivity index (χ2n) is 6.84. The number of rotatable bonds is 6. The highest BCUT2D eigenvalue weighted by Gasteiger charge is 2.26. The van der Waals surface area contributed by atoms with Crippen molar-refractivity contribution in [2.24, 2.45) is 0 Å². The highest BCUT2D eigenvalue weighted by atomic mass is 35.5. The molecule has 0 fully saturated rings. The zero-order chi connectivity index (χ0) is 21.3. The second-order valence-corrected chi connectivity index (χ2v) is 7.28. The molecule has 9 nitrogen and oxygen atoms in total. The highest BCUT2D eigenvalue weighted by molar-refractivity contribution is 6.30. The number of nitrogens with one attached hydrogen (secondary N) is 1. The molecular weight excluding hydrogens is 396 g/mol. The van der Waals surface area contributed by atoms with Crippen LogP contribution in [0.2, 0.25) is 5.02 Å². The van der Waals surface area contributed by atoms with Crippen LogP contribution in [0.4, 0.5) is 11.5 Å². The maximum atomic E-state index is 12.8. The number of amides is 1. The van der Waals surface area contributed by atoms with Gasteiger partial charge in [0.15, 0.2) is 0 Å². The number of aryl methyl sites for hydroxylation is 2. The molecule has 0 saturated heterocycles. The summed E-state index contributed by atoms with van der Waals surface area (Å²) in [6.07, 6.45) is 0. The molecule has 29 heavy (non-hydrogen) atoms. The standard InChI is InChI=1S/C19H21ClN6O3/c1-11-8-17(26(28)29)23-25(11)14(4)19(27)21-18-12(2)22-24(13(18)3)10-15-6-5-7-16(20)9-15/h5-9,14H,10H2,1-4H3,(H,21,27). The van der Waals surface area contributed by atoms with E-state index in [9.17, 15) is 14.9 Å². The number of carbonyl (C=O) groups excluding carboxylic acids is 1. The number of halogens is 1. The third kappa shape index (κ3) is 4.29. The maximum absolute atomic E-state index is 12.8. The van der Waals surface area contributed by atoms with Crippen LogP contribution in [0, 0.1) is 30.9 Å². The quantitative estimate of drug-likeness (QED) is 0.485. The molecule has 2 aromatic heterocycles. The summed E-state index contributed by atoms with van der Waals surface area (Å²) >= 11 is 6.05. The lowest BCUT2D eigenvalue weighted by atomic mass is 10.2. The number of hydrogen-bond acceptors (Lipinski definition) is 5. The molecule has 1 atom stereocenters. The van der Waals surface area contributed by atoms with Gasteiger partial charge in [-0.2, -0.15) is 9.78 Å². The first kappa shape index (κ1) is 20.5. The number of nitro groups is 1. The summed E-state index contributed by atoms with van der Waals surface area (Å²) < 4.78 is 3.14. The van der Waals surface area contributed by atoms with E-state index in [0.717, 1.165) is 11.3 Å². The van der Waals surface area contributed by atoms with E-state index in [1.165, 1.54) is 10.7 Å². The van der Waals surface area contributed by atoms with Crippen LogP contribution in [0.15, 0.2) is 30.3 Å². The van der Waals surface area contributed by atoms with Gasteiger partial charge >= 0.3 is 5.82 Å². The van der Waals surface area contributed by atoms with Crippen molar-refractivity contribution in [2.75, 3.05) is 5.32 Å². The molecule has 152 valence electrons. The first-order valence-corrected chi connectivity index (χ1v) is 9.35. The van der Waals surface area contributed by atoms with Crippen LogP contribution >= 0.6 is 11.6 Å². The SMILES string of the molecule is Cc1nn(Cc2cccc(Cl)c2)c(C)c1NC(=O)C(C)n1nc([N+](=O)[O-])cc1C. The van der Waals surface area contributed by atoms with Crippen LogP contribution in [-0.4, -0.2) is 30.4 Å². The Labute approximate surface area is 172 Å². The Balaban J connectivity index is 1.80. The van der Waals surface area contributed by atoms with Crippen LogP contribution in [0.5, 0.6) is 0 Å². The van der Waals surface area contributed by atoms with Crippen LogP contribution in [-0.2, 0) is 11.3 Å². The van der Waals surface area contributed by atoms with Gasteiger partial charge in [-0.1, -0.05) is 23.7 Å². The van der Waals surface area contributed by atoms with Crippen molar-refractivity contribution in [3.8, 4) is 0 Å². The van der Waals surface area contributed by atoms with Crippen molar-refractivity contribution < 1.29 is 9.72 Å². The van der Waals surface area contributed by atoms with E-state index in [-0.39, 0.29) is 11.7 Å². The number of aromatic nitrogens is 4. The average Bonchev–Trinajstić information content (AvgIpc) is 3.16. The van der Waals surface area contributed by atoms with Crippen molar-refractivity contribution in [1.29, 1.82) is 0 Å². The number of carbonyl (C=O) groups is 1. The van der Waals surface area contributed by atoms with Gasteiger partial charge in [-0.05, 0) is 50.3 Å². The van der Waals surface area contributed by atoms with Gasteiger partial charge in [0.2, 0.25) is 0 Å². The number of nitrogens with zero attached hydrogens (tertiary/aromatic N) is 5. The van der Waals surface area contributed by atoms with E-state index < -0.39 is 11.0 Å². The van der Waals surface area contributed by atoms with Crippen LogP contribution in [0.3, 0.4) is 0 Å². The molecule has 2 heterocycles. The van der Waals surface area contributed by atoms with E-state index in [1.54, 1.807) is 24.6 Å². The molecule has 0 saturated carbocycles. The topological polar surface area (TPSA) is 108 Å². The number of hydrogen-bond donors (Lipinski definition) is 1. The lowest BCUT2D eigenvalue weighted by Gasteiger charge is -2.12. The molecule has 1 amide bonds. The van der Waals surface area contributed by atoms with Gasteiger partial charge in [-0.3, -0.25) is 9.48 Å². The average molecular weight is 417 g/mol. The summed E-state index contributed by atoms with van der Waals surface area (Å²) in [5, 5.41) is 22.9. The minimum Gasteiger partial charge on any atom is -0.358 e. The van der Waals surface area contributed by atoms with Gasteiger partial charge in [0.25, 0.3) is 5.91 Å². The number of benzene rings is 1. The predicted octanol–water partition coefficient (Wildman–Crippen LogP) is 3.81. The summed E-state index contributed by atoms with van der Waals surface area (Å²) in [4.78, 5) is 23.1. The molecule has 1 aromatic carbocycles. The Morgan fingerprint density at radius 3 is 2.62 bits per heavy atom. The smallest absolute Gasteiger partial charge is 0.358 e. The van der Waals surface area contributed by atoms with E-state index in [0.29, 0.717) is 28.6 Å². The summed E-state index contributed by atoms with van der Waals surface area (Å²) in [5.74, 6) is -0.622. The van der Waals surface area contributed by atoms with Crippen molar-refractivity contribution in [1.82, 2.24) is 19.6 Å². The van der Waals surface area contributed by atoms with Crippen LogP contribution < -0.4 is 5.32 Å². The Bertz CT molecular complexity index is 1090. The van der Waals surface area contributed by atoms with Crippen molar-refractivity contribution in [3.63, 3.8) is 0 Å². The fourth-order valence-electron chi connectivity index (χ4n) is 3.13. The molecule has 0 spiro atoms. The van der Waals surface area contributed by atoms with Gasteiger partial charge in [-0.15, -0.1) is 0 Å². The second kappa shape index (κ2) is 8.04. The highest BCUT2D eigenvalue weighted by Crippen LogP contribution is 2.23. The largest absolute Gasteiger partial charge is 0.390 e.